The summed E-state index contributed by atoms with van der Waals surface area (Å²) in [6.45, 7) is 8.25. The van der Waals surface area contributed by atoms with Crippen molar-refractivity contribution in [2.24, 2.45) is 5.41 Å². The molecular formula is C19H23FN2O2. The molecule has 0 saturated carbocycles. The van der Waals surface area contributed by atoms with Gasteiger partial charge in [-0.2, -0.15) is 0 Å². The second-order valence-corrected chi connectivity index (χ2v) is 6.76. The van der Waals surface area contributed by atoms with E-state index in [9.17, 15) is 9.18 Å². The third-order valence-electron chi connectivity index (χ3n) is 3.56. The van der Waals surface area contributed by atoms with Gasteiger partial charge in [-0.05, 0) is 36.2 Å². The Hall–Kier alpha value is -2.27. The number of nitrogens with one attached hydrogen (secondary N) is 1. The molecular weight excluding hydrogens is 307 g/mol. The summed E-state index contributed by atoms with van der Waals surface area (Å²) >= 11 is 0. The molecule has 0 fully saturated rings. The van der Waals surface area contributed by atoms with Gasteiger partial charge in [0.05, 0.1) is 13.2 Å². The maximum Gasteiger partial charge on any atom is 0.230 e. The number of hydrogen-bond donors (Lipinski definition) is 1. The van der Waals surface area contributed by atoms with Crippen molar-refractivity contribution in [3.05, 3.63) is 59.0 Å². The summed E-state index contributed by atoms with van der Waals surface area (Å²) in [5, 5.41) is 2.81. The van der Waals surface area contributed by atoms with Crippen LogP contribution in [0, 0.1) is 18.2 Å². The lowest BCUT2D eigenvalue weighted by atomic mass is 9.96. The molecule has 0 saturated heterocycles. The van der Waals surface area contributed by atoms with Gasteiger partial charge >= 0.3 is 0 Å². The first kappa shape index (κ1) is 18.1. The Morgan fingerprint density at radius 2 is 1.79 bits per heavy atom. The van der Waals surface area contributed by atoms with Gasteiger partial charge in [-0.3, -0.25) is 4.79 Å². The monoisotopic (exact) mass is 330 g/mol. The molecule has 1 heterocycles. The van der Waals surface area contributed by atoms with E-state index in [-0.39, 0.29) is 11.7 Å². The second-order valence-electron chi connectivity index (χ2n) is 6.76. The van der Waals surface area contributed by atoms with Crippen molar-refractivity contribution >= 4 is 11.7 Å². The number of aryl methyl sites for hydroxylation is 1. The Bertz CT molecular complexity index is 706. The first-order valence-corrected chi connectivity index (χ1v) is 7.86. The lowest BCUT2D eigenvalue weighted by Crippen LogP contribution is -2.28. The zero-order valence-corrected chi connectivity index (χ0v) is 14.5. The van der Waals surface area contributed by atoms with Crippen LogP contribution in [-0.4, -0.2) is 10.9 Å². The molecule has 0 bridgehead atoms. The molecule has 2 aromatic rings. The summed E-state index contributed by atoms with van der Waals surface area (Å²) in [4.78, 5) is 16.4. The van der Waals surface area contributed by atoms with Crippen LogP contribution in [0.3, 0.4) is 0 Å². The van der Waals surface area contributed by atoms with Gasteiger partial charge < -0.3 is 10.1 Å². The van der Waals surface area contributed by atoms with Crippen molar-refractivity contribution in [1.29, 1.82) is 0 Å². The van der Waals surface area contributed by atoms with Crippen molar-refractivity contribution in [3.63, 3.8) is 0 Å². The number of benzene rings is 1. The second kappa shape index (κ2) is 7.53. The first-order chi connectivity index (χ1) is 11.3. The van der Waals surface area contributed by atoms with Crippen LogP contribution in [-0.2, 0) is 22.7 Å². The summed E-state index contributed by atoms with van der Waals surface area (Å²) < 4.78 is 18.5. The van der Waals surface area contributed by atoms with E-state index < -0.39 is 5.41 Å². The van der Waals surface area contributed by atoms with E-state index >= 15 is 0 Å². The van der Waals surface area contributed by atoms with E-state index in [2.05, 4.69) is 10.3 Å². The van der Waals surface area contributed by atoms with Gasteiger partial charge in [0.25, 0.3) is 0 Å². The highest BCUT2D eigenvalue weighted by molar-refractivity contribution is 5.93. The van der Waals surface area contributed by atoms with Crippen molar-refractivity contribution in [2.45, 2.75) is 40.9 Å². The molecule has 2 rings (SSSR count). The highest BCUT2D eigenvalue weighted by Gasteiger charge is 2.21. The minimum absolute atomic E-state index is 0.0743. The number of carbonyl (C=O) groups is 1. The van der Waals surface area contributed by atoms with Crippen LogP contribution in [0.4, 0.5) is 10.2 Å². The van der Waals surface area contributed by atoms with Crippen molar-refractivity contribution in [2.75, 3.05) is 5.32 Å². The maximum absolute atomic E-state index is 12.8. The topological polar surface area (TPSA) is 51.2 Å². The smallest absolute Gasteiger partial charge is 0.230 e. The van der Waals surface area contributed by atoms with Crippen molar-refractivity contribution < 1.29 is 13.9 Å². The van der Waals surface area contributed by atoms with Crippen molar-refractivity contribution in [3.8, 4) is 0 Å². The van der Waals surface area contributed by atoms with E-state index in [1.807, 2.05) is 33.8 Å². The van der Waals surface area contributed by atoms with E-state index in [4.69, 9.17) is 4.74 Å². The quantitative estimate of drug-likeness (QED) is 0.892. The maximum atomic E-state index is 12.8. The Morgan fingerprint density at radius 3 is 2.38 bits per heavy atom. The standard InChI is InChI=1S/C19H23FN2O2/c1-13-15(12-24-11-14-5-8-16(20)9-6-14)7-10-17(21-13)22-18(23)19(2,3)4/h5-10H,11-12H2,1-4H3,(H,21,22,23). The zero-order valence-electron chi connectivity index (χ0n) is 14.5. The van der Waals surface area contributed by atoms with Gasteiger partial charge in [-0.25, -0.2) is 9.37 Å². The summed E-state index contributed by atoms with van der Waals surface area (Å²) in [6.07, 6.45) is 0. The van der Waals surface area contributed by atoms with E-state index in [0.717, 1.165) is 16.8 Å². The van der Waals surface area contributed by atoms with E-state index in [0.29, 0.717) is 19.0 Å². The molecule has 0 aliphatic carbocycles. The lowest BCUT2D eigenvalue weighted by Gasteiger charge is -2.17. The number of ether oxygens (including phenoxy) is 1. The third-order valence-corrected chi connectivity index (χ3v) is 3.56. The highest BCUT2D eigenvalue weighted by Crippen LogP contribution is 2.18. The molecule has 1 aromatic carbocycles. The molecule has 24 heavy (non-hydrogen) atoms. The number of rotatable bonds is 5. The number of nitrogens with zero attached hydrogens (tertiary/aromatic N) is 1. The van der Waals surface area contributed by atoms with Crippen molar-refractivity contribution in [1.82, 2.24) is 4.98 Å². The number of amides is 1. The third kappa shape index (κ3) is 5.13. The van der Waals surface area contributed by atoms with Crippen LogP contribution in [0.1, 0.15) is 37.6 Å². The number of halogens is 1. The average Bonchev–Trinajstić information content (AvgIpc) is 2.50. The Kier molecular flexibility index (Phi) is 5.67. The summed E-state index contributed by atoms with van der Waals surface area (Å²) in [5.74, 6) is 0.205. The summed E-state index contributed by atoms with van der Waals surface area (Å²) in [6, 6.07) is 9.89. The fourth-order valence-corrected chi connectivity index (χ4v) is 1.98. The van der Waals surface area contributed by atoms with Crippen LogP contribution in [0.2, 0.25) is 0 Å². The molecule has 4 nitrogen and oxygen atoms in total. The van der Waals surface area contributed by atoms with Gasteiger partial charge in [0, 0.05) is 11.1 Å². The minimum Gasteiger partial charge on any atom is -0.372 e. The summed E-state index contributed by atoms with van der Waals surface area (Å²) in [5.41, 5.74) is 2.20. The average molecular weight is 330 g/mol. The molecule has 0 atom stereocenters. The number of pyridine rings is 1. The molecule has 5 heteroatoms. The number of anilines is 1. The number of aromatic nitrogens is 1. The summed E-state index contributed by atoms with van der Waals surface area (Å²) in [7, 11) is 0. The lowest BCUT2D eigenvalue weighted by molar-refractivity contribution is -0.123. The number of carbonyl (C=O) groups excluding carboxylic acids is 1. The predicted octanol–water partition coefficient (Wildman–Crippen LogP) is 4.23. The molecule has 1 amide bonds. The van der Waals surface area contributed by atoms with Crippen LogP contribution in [0.15, 0.2) is 36.4 Å². The minimum atomic E-state index is -0.466. The molecule has 1 aromatic heterocycles. The van der Waals surface area contributed by atoms with Gasteiger partial charge in [0.1, 0.15) is 11.6 Å². The Balaban J connectivity index is 1.92. The molecule has 0 aliphatic heterocycles. The van der Waals surface area contributed by atoms with Crippen LogP contribution in [0.5, 0.6) is 0 Å². The Labute approximate surface area is 142 Å². The van der Waals surface area contributed by atoms with Gasteiger partial charge in [-0.1, -0.05) is 39.0 Å². The molecule has 0 unspecified atom stereocenters. The van der Waals surface area contributed by atoms with Gasteiger partial charge in [0.15, 0.2) is 0 Å². The van der Waals surface area contributed by atoms with Gasteiger partial charge in [-0.15, -0.1) is 0 Å². The molecule has 0 radical (unpaired) electrons. The van der Waals surface area contributed by atoms with Crippen LogP contribution < -0.4 is 5.32 Å². The van der Waals surface area contributed by atoms with Crippen LogP contribution >= 0.6 is 0 Å². The predicted molar refractivity (Wildman–Crippen MR) is 92.0 cm³/mol. The number of hydrogen-bond acceptors (Lipinski definition) is 3. The van der Waals surface area contributed by atoms with E-state index in [1.54, 1.807) is 18.2 Å². The molecule has 1 N–H and O–H groups in total. The fraction of sp³-hybridized carbons (Fsp3) is 0.368. The molecule has 0 spiro atoms. The van der Waals surface area contributed by atoms with Gasteiger partial charge in [0.2, 0.25) is 5.91 Å². The zero-order chi connectivity index (χ0) is 17.7. The molecule has 128 valence electrons. The van der Waals surface area contributed by atoms with E-state index in [1.165, 1.54) is 12.1 Å². The SMILES string of the molecule is Cc1nc(NC(=O)C(C)(C)C)ccc1COCc1ccc(F)cc1. The normalized spacial score (nSPS) is 11.4. The molecule has 0 aliphatic rings. The van der Waals surface area contributed by atoms with Crippen LogP contribution in [0.25, 0.3) is 0 Å². The largest absolute Gasteiger partial charge is 0.372 e. The Morgan fingerprint density at radius 1 is 1.12 bits per heavy atom. The fourth-order valence-electron chi connectivity index (χ4n) is 1.98. The highest BCUT2D eigenvalue weighted by atomic mass is 19.1. The first-order valence-electron chi connectivity index (χ1n) is 7.86.